The molecule has 0 bridgehead atoms. The molecule has 2 atom stereocenters. The number of hydrogen-bond donors (Lipinski definition) is 1. The molecule has 1 aliphatic heterocycles. The first-order chi connectivity index (χ1) is 12.8. The Morgan fingerprint density at radius 3 is 2.50 bits per heavy atom. The maximum absolute atomic E-state index is 6.05. The van der Waals surface area contributed by atoms with E-state index in [9.17, 15) is 0 Å². The lowest BCUT2D eigenvalue weighted by Crippen LogP contribution is -2.50. The summed E-state index contributed by atoms with van der Waals surface area (Å²) in [5, 5.41) is 0. The molecule has 1 heterocycles. The fourth-order valence-corrected chi connectivity index (χ4v) is 5.31. The number of benzene rings is 2. The van der Waals surface area contributed by atoms with E-state index in [2.05, 4.69) is 53.4 Å². The van der Waals surface area contributed by atoms with Gasteiger partial charge in [-0.15, -0.1) is 0 Å². The molecule has 136 valence electrons. The highest BCUT2D eigenvalue weighted by molar-refractivity contribution is 5.41. The van der Waals surface area contributed by atoms with Gasteiger partial charge in [-0.1, -0.05) is 48.5 Å². The molecule has 2 aliphatic carbocycles. The molecule has 0 amide bonds. The van der Waals surface area contributed by atoms with Gasteiger partial charge in [0.25, 0.3) is 0 Å². The van der Waals surface area contributed by atoms with Crippen molar-refractivity contribution in [3.05, 3.63) is 70.8 Å². The smallest absolute Gasteiger partial charge is 0.0170 e. The fraction of sp³-hybridized carbons (Fsp3) is 0.500. The van der Waals surface area contributed by atoms with Gasteiger partial charge in [0.05, 0.1) is 0 Å². The van der Waals surface area contributed by atoms with Crippen molar-refractivity contribution in [2.75, 3.05) is 13.1 Å². The Balaban J connectivity index is 1.48. The molecule has 3 aliphatic rings. The summed E-state index contributed by atoms with van der Waals surface area (Å²) >= 11 is 0. The molecule has 1 unspecified atom stereocenters. The largest absolute Gasteiger partial charge is 0.328 e. The summed E-state index contributed by atoms with van der Waals surface area (Å²) in [6.45, 7) is 2.59. The molecule has 0 spiro atoms. The number of rotatable bonds is 4. The van der Waals surface area contributed by atoms with E-state index in [1.54, 1.807) is 11.1 Å². The third-order valence-electron chi connectivity index (χ3n) is 7.05. The minimum Gasteiger partial charge on any atom is -0.328 e. The van der Waals surface area contributed by atoms with Gasteiger partial charge in [0.15, 0.2) is 0 Å². The number of nitrogens with two attached hydrogens (primary N) is 1. The SMILES string of the molecule is NC1CC(c2ccc3c(c2)[C@@H](Cc2ccccc2)C(N2CCC2)CC3)C1. The van der Waals surface area contributed by atoms with Crippen molar-refractivity contribution in [3.63, 3.8) is 0 Å². The van der Waals surface area contributed by atoms with Gasteiger partial charge in [0.2, 0.25) is 0 Å². The van der Waals surface area contributed by atoms with E-state index in [0.29, 0.717) is 17.9 Å². The zero-order valence-electron chi connectivity index (χ0n) is 15.6. The average Bonchev–Trinajstić information content (AvgIpc) is 2.60. The molecule has 2 aromatic rings. The molecular formula is C24H30N2. The zero-order chi connectivity index (χ0) is 17.5. The number of aryl methyl sites for hydroxylation is 1. The molecule has 2 N–H and O–H groups in total. The van der Waals surface area contributed by atoms with E-state index in [1.165, 1.54) is 49.9 Å². The van der Waals surface area contributed by atoms with E-state index in [-0.39, 0.29) is 0 Å². The Hall–Kier alpha value is -1.64. The third kappa shape index (κ3) is 3.00. The van der Waals surface area contributed by atoms with Crippen molar-refractivity contribution >= 4 is 0 Å². The second kappa shape index (κ2) is 6.83. The lowest BCUT2D eigenvalue weighted by Gasteiger charge is -2.46. The summed E-state index contributed by atoms with van der Waals surface area (Å²) in [5.41, 5.74) is 12.3. The zero-order valence-corrected chi connectivity index (χ0v) is 15.6. The molecule has 2 aromatic carbocycles. The summed E-state index contributed by atoms with van der Waals surface area (Å²) in [6, 6.07) is 19.6. The summed E-state index contributed by atoms with van der Waals surface area (Å²) in [5.74, 6) is 1.33. The Labute approximate surface area is 157 Å². The van der Waals surface area contributed by atoms with Crippen LogP contribution in [0.5, 0.6) is 0 Å². The predicted molar refractivity (Wildman–Crippen MR) is 108 cm³/mol. The van der Waals surface area contributed by atoms with E-state index >= 15 is 0 Å². The molecule has 0 radical (unpaired) electrons. The van der Waals surface area contributed by atoms with E-state index in [4.69, 9.17) is 5.73 Å². The molecule has 1 saturated carbocycles. The van der Waals surface area contributed by atoms with Gasteiger partial charge in [-0.25, -0.2) is 0 Å². The molecular weight excluding hydrogens is 316 g/mol. The summed E-state index contributed by atoms with van der Waals surface area (Å²) in [7, 11) is 0. The normalized spacial score (nSPS) is 31.0. The molecule has 0 aromatic heterocycles. The van der Waals surface area contributed by atoms with Gasteiger partial charge >= 0.3 is 0 Å². The summed E-state index contributed by atoms with van der Waals surface area (Å²) < 4.78 is 0. The van der Waals surface area contributed by atoms with Gasteiger partial charge < -0.3 is 5.73 Å². The van der Waals surface area contributed by atoms with Crippen LogP contribution < -0.4 is 5.73 Å². The van der Waals surface area contributed by atoms with Crippen LogP contribution in [0.25, 0.3) is 0 Å². The highest BCUT2D eigenvalue weighted by Crippen LogP contribution is 2.42. The quantitative estimate of drug-likeness (QED) is 0.897. The Bertz CT molecular complexity index is 759. The van der Waals surface area contributed by atoms with Crippen LogP contribution in [0.2, 0.25) is 0 Å². The van der Waals surface area contributed by atoms with Gasteiger partial charge in [0.1, 0.15) is 0 Å². The fourth-order valence-electron chi connectivity index (χ4n) is 5.31. The van der Waals surface area contributed by atoms with E-state index in [1.807, 2.05) is 0 Å². The molecule has 2 nitrogen and oxygen atoms in total. The van der Waals surface area contributed by atoms with Gasteiger partial charge in [-0.05, 0) is 79.8 Å². The highest BCUT2D eigenvalue weighted by atomic mass is 15.2. The van der Waals surface area contributed by atoms with Crippen molar-refractivity contribution in [3.8, 4) is 0 Å². The molecule has 1 saturated heterocycles. The Morgan fingerprint density at radius 1 is 1.00 bits per heavy atom. The van der Waals surface area contributed by atoms with Gasteiger partial charge in [-0.3, -0.25) is 4.90 Å². The van der Waals surface area contributed by atoms with Crippen LogP contribution >= 0.6 is 0 Å². The second-order valence-corrected chi connectivity index (χ2v) is 8.68. The third-order valence-corrected chi connectivity index (χ3v) is 7.05. The minimum absolute atomic E-state index is 0.421. The average molecular weight is 347 g/mol. The molecule has 2 heteroatoms. The van der Waals surface area contributed by atoms with Crippen LogP contribution in [-0.4, -0.2) is 30.1 Å². The van der Waals surface area contributed by atoms with Crippen molar-refractivity contribution < 1.29 is 0 Å². The Morgan fingerprint density at radius 2 is 1.81 bits per heavy atom. The van der Waals surface area contributed by atoms with Crippen molar-refractivity contribution in [1.82, 2.24) is 4.90 Å². The monoisotopic (exact) mass is 346 g/mol. The van der Waals surface area contributed by atoms with Crippen molar-refractivity contribution in [1.29, 1.82) is 0 Å². The first-order valence-electron chi connectivity index (χ1n) is 10.4. The van der Waals surface area contributed by atoms with Crippen molar-refractivity contribution in [2.45, 2.75) is 62.4 Å². The highest BCUT2D eigenvalue weighted by Gasteiger charge is 2.36. The van der Waals surface area contributed by atoms with Crippen LogP contribution in [0.15, 0.2) is 48.5 Å². The molecule has 5 rings (SSSR count). The van der Waals surface area contributed by atoms with E-state index < -0.39 is 0 Å². The van der Waals surface area contributed by atoms with Crippen LogP contribution in [0.3, 0.4) is 0 Å². The van der Waals surface area contributed by atoms with Gasteiger partial charge in [0, 0.05) is 18.0 Å². The first kappa shape index (κ1) is 16.5. The van der Waals surface area contributed by atoms with Crippen LogP contribution in [-0.2, 0) is 12.8 Å². The lowest BCUT2D eigenvalue weighted by molar-refractivity contribution is 0.0876. The number of nitrogens with zero attached hydrogens (tertiary/aromatic N) is 1. The maximum atomic E-state index is 6.05. The molecule has 26 heavy (non-hydrogen) atoms. The Kier molecular flexibility index (Phi) is 4.34. The topological polar surface area (TPSA) is 29.3 Å². The summed E-state index contributed by atoms with van der Waals surface area (Å²) in [6.07, 6.45) is 7.43. The standard InChI is InChI=1S/C24H30N2/c25-21-14-20(15-21)19-8-7-18-9-10-24(26-11-4-12-26)23(22(18)16-19)13-17-5-2-1-3-6-17/h1-3,5-8,16,20-21,23-24H,4,9-15,25H2/t20?,21?,23-,24?/m1/s1. The van der Waals surface area contributed by atoms with Crippen LogP contribution in [0, 0.1) is 0 Å². The second-order valence-electron chi connectivity index (χ2n) is 8.68. The minimum atomic E-state index is 0.421. The molecule has 2 fully saturated rings. The van der Waals surface area contributed by atoms with Crippen LogP contribution in [0.1, 0.15) is 59.8 Å². The summed E-state index contributed by atoms with van der Waals surface area (Å²) in [4.78, 5) is 2.74. The van der Waals surface area contributed by atoms with E-state index in [0.717, 1.165) is 18.9 Å². The number of likely N-dealkylation sites (tertiary alicyclic amines) is 1. The number of fused-ring (bicyclic) bond motifs is 1. The lowest BCUT2D eigenvalue weighted by atomic mass is 9.71. The van der Waals surface area contributed by atoms with Gasteiger partial charge in [-0.2, -0.15) is 0 Å². The predicted octanol–water partition coefficient (Wildman–Crippen LogP) is 4.24. The van der Waals surface area contributed by atoms with Crippen LogP contribution in [0.4, 0.5) is 0 Å². The van der Waals surface area contributed by atoms with Crippen molar-refractivity contribution in [2.24, 2.45) is 5.73 Å². The number of hydrogen-bond acceptors (Lipinski definition) is 2. The maximum Gasteiger partial charge on any atom is 0.0170 e. The first-order valence-corrected chi connectivity index (χ1v) is 10.4.